The van der Waals surface area contributed by atoms with Crippen LogP contribution in [0.15, 0.2) is 30.6 Å². The summed E-state index contributed by atoms with van der Waals surface area (Å²) in [6.45, 7) is 3.34. The van der Waals surface area contributed by atoms with Gasteiger partial charge in [-0.15, -0.1) is 6.42 Å². The minimum Gasteiger partial charge on any atom is -0.335 e. The third-order valence-electron chi connectivity index (χ3n) is 8.75. The van der Waals surface area contributed by atoms with Gasteiger partial charge in [0.1, 0.15) is 6.54 Å². The number of hydrogen-bond acceptors (Lipinski definition) is 6. The molecule has 1 spiro atoms. The molecule has 16 heteroatoms. The second-order valence-corrected chi connectivity index (χ2v) is 12.3. The molecule has 2 saturated heterocycles. The van der Waals surface area contributed by atoms with Gasteiger partial charge in [-0.05, 0) is 36.5 Å². The number of terminal acetylenes is 1. The molecule has 1 saturated carbocycles. The molecule has 3 aromatic rings. The largest absolute Gasteiger partial charge is 0.435 e. The van der Waals surface area contributed by atoms with Gasteiger partial charge in [0.15, 0.2) is 11.5 Å². The minimum absolute atomic E-state index is 0.0138. The van der Waals surface area contributed by atoms with E-state index < -0.39 is 17.8 Å². The first-order valence-corrected chi connectivity index (χ1v) is 15.0. The molecule has 6 rings (SSSR count). The molecule has 3 N–H and O–H groups in total. The molecule has 46 heavy (non-hydrogen) atoms. The second-order valence-electron chi connectivity index (χ2n) is 11.9. The molecule has 3 fully saturated rings. The lowest BCUT2D eigenvalue weighted by molar-refractivity contribution is -0.141. The molecule has 4 amide bonds. The number of carbonyl (C=O) groups excluding carboxylic acids is 3. The predicted octanol–water partition coefficient (Wildman–Crippen LogP) is 3.06. The maximum Gasteiger partial charge on any atom is 0.435 e. The first kappa shape index (κ1) is 31.4. The number of nitrogens with zero attached hydrogens (tertiary/aromatic N) is 6. The molecule has 3 aliphatic rings. The number of rotatable bonds is 6. The lowest BCUT2D eigenvalue weighted by Gasteiger charge is -2.54. The van der Waals surface area contributed by atoms with Crippen LogP contribution in [-0.4, -0.2) is 92.3 Å². The van der Waals surface area contributed by atoms with Gasteiger partial charge in [-0.2, -0.15) is 18.3 Å². The summed E-state index contributed by atoms with van der Waals surface area (Å²) in [5.74, 6) is 1.07. The summed E-state index contributed by atoms with van der Waals surface area (Å²) in [5, 5.41) is 12.6. The second kappa shape index (κ2) is 12.0. The van der Waals surface area contributed by atoms with E-state index in [2.05, 4.69) is 32.0 Å². The summed E-state index contributed by atoms with van der Waals surface area (Å²) in [6, 6.07) is 4.48. The smallest absolute Gasteiger partial charge is 0.335 e. The van der Waals surface area contributed by atoms with E-state index in [0.717, 1.165) is 43.0 Å². The Bertz CT molecular complexity index is 1720. The zero-order valence-electron chi connectivity index (χ0n) is 24.8. The highest BCUT2D eigenvalue weighted by atomic mass is 35.5. The first-order valence-electron chi connectivity index (χ1n) is 14.6. The summed E-state index contributed by atoms with van der Waals surface area (Å²) in [7, 11) is 1.41. The van der Waals surface area contributed by atoms with Crippen molar-refractivity contribution >= 4 is 35.1 Å². The average molecular weight is 658 g/mol. The predicted molar refractivity (Wildman–Crippen MR) is 162 cm³/mol. The van der Waals surface area contributed by atoms with Crippen molar-refractivity contribution in [2.75, 3.05) is 44.6 Å². The Morgan fingerprint density at radius 3 is 2.46 bits per heavy atom. The molecular weight excluding hydrogens is 627 g/mol. The lowest BCUT2D eigenvalue weighted by Crippen LogP contribution is -2.66. The van der Waals surface area contributed by atoms with E-state index in [1.165, 1.54) is 29.8 Å². The quantitative estimate of drug-likeness (QED) is 0.350. The molecular formula is C30H31ClF3N9O3. The lowest BCUT2D eigenvalue weighted by atomic mass is 9.62. The molecule has 242 valence electrons. The van der Waals surface area contributed by atoms with Crippen molar-refractivity contribution in [2.24, 2.45) is 12.5 Å². The number of carbonyl (C=O) groups is 3. The number of urea groups is 1. The number of nitrogens with one attached hydrogen (secondary N) is 3. The molecule has 0 atom stereocenters. The van der Waals surface area contributed by atoms with Gasteiger partial charge in [-0.3, -0.25) is 14.3 Å². The van der Waals surface area contributed by atoms with Crippen LogP contribution in [0, 0.1) is 17.8 Å². The van der Waals surface area contributed by atoms with Crippen molar-refractivity contribution in [3.8, 4) is 23.6 Å². The third kappa shape index (κ3) is 6.02. The van der Waals surface area contributed by atoms with Gasteiger partial charge in [0.05, 0.1) is 28.0 Å². The molecule has 0 radical (unpaired) electrons. The number of benzene rings is 1. The van der Waals surface area contributed by atoms with Gasteiger partial charge in [-0.1, -0.05) is 17.5 Å². The number of anilines is 1. The van der Waals surface area contributed by atoms with Crippen molar-refractivity contribution in [2.45, 2.75) is 31.6 Å². The van der Waals surface area contributed by atoms with Gasteiger partial charge < -0.3 is 30.3 Å². The zero-order valence-corrected chi connectivity index (χ0v) is 25.6. The van der Waals surface area contributed by atoms with Crippen LogP contribution in [0.2, 0.25) is 5.02 Å². The monoisotopic (exact) mass is 657 g/mol. The molecule has 4 heterocycles. The Morgan fingerprint density at radius 1 is 1.15 bits per heavy atom. The van der Waals surface area contributed by atoms with Crippen molar-refractivity contribution in [3.63, 3.8) is 0 Å². The van der Waals surface area contributed by atoms with Gasteiger partial charge in [0, 0.05) is 64.2 Å². The van der Waals surface area contributed by atoms with E-state index in [1.54, 1.807) is 9.80 Å². The highest BCUT2D eigenvalue weighted by Gasteiger charge is 2.49. The van der Waals surface area contributed by atoms with Crippen molar-refractivity contribution in [1.29, 1.82) is 0 Å². The highest BCUT2D eigenvalue weighted by molar-refractivity contribution is 6.34. The van der Waals surface area contributed by atoms with Gasteiger partial charge in [0.2, 0.25) is 0 Å². The maximum atomic E-state index is 13.7. The van der Waals surface area contributed by atoms with Crippen LogP contribution in [0.1, 0.15) is 39.5 Å². The van der Waals surface area contributed by atoms with E-state index in [-0.39, 0.29) is 57.9 Å². The molecule has 1 aliphatic carbocycles. The van der Waals surface area contributed by atoms with Crippen LogP contribution in [0.4, 0.5) is 23.7 Å². The van der Waals surface area contributed by atoms with E-state index in [9.17, 15) is 27.6 Å². The van der Waals surface area contributed by atoms with E-state index in [0.29, 0.717) is 31.6 Å². The third-order valence-corrected chi connectivity index (χ3v) is 9.06. The number of hydrogen-bond donors (Lipinski definition) is 3. The summed E-state index contributed by atoms with van der Waals surface area (Å²) in [4.78, 5) is 46.4. The standard InChI is InChI=1S/C30H31ClF3N9O3/c1-3-6-43-15-21(24(39-43)30(32,33)34)23-14-36-25(40(23)2)26(44)37-18-4-5-20(22(31)11-18)27(45)41-7-9-42(10-8-41)28(46)38-19-12-29(13-19)16-35-17-29/h1,4-5,11,14-15,19,35H,6-10,12-13,16-17H2,2H3,(H,37,44)(H,38,46). The topological polar surface area (TPSA) is 129 Å². The normalized spacial score (nSPS) is 17.7. The van der Waals surface area contributed by atoms with Crippen LogP contribution in [0.5, 0.6) is 0 Å². The minimum atomic E-state index is -4.76. The SMILES string of the molecule is C#CCn1cc(-c2cnc(C(=O)Nc3ccc(C(=O)N4CCN(C(=O)NC5CC6(CNC6)C5)CC4)c(Cl)c3)n2C)c(C(F)(F)F)n1. The van der Waals surface area contributed by atoms with Crippen molar-refractivity contribution < 1.29 is 27.6 Å². The number of amides is 4. The number of halogens is 4. The Labute approximate surface area is 267 Å². The fourth-order valence-electron chi connectivity index (χ4n) is 6.22. The maximum absolute atomic E-state index is 13.7. The van der Waals surface area contributed by atoms with E-state index in [4.69, 9.17) is 18.0 Å². The van der Waals surface area contributed by atoms with Crippen LogP contribution in [0.25, 0.3) is 11.3 Å². The van der Waals surface area contributed by atoms with Crippen molar-refractivity contribution in [1.82, 2.24) is 39.8 Å². The van der Waals surface area contributed by atoms with Crippen LogP contribution >= 0.6 is 11.6 Å². The summed E-state index contributed by atoms with van der Waals surface area (Å²) >= 11 is 6.45. The van der Waals surface area contributed by atoms with Crippen LogP contribution in [-0.2, 0) is 19.8 Å². The Hall–Kier alpha value is -4.55. The van der Waals surface area contributed by atoms with E-state index in [1.807, 2.05) is 0 Å². The first-order chi connectivity index (χ1) is 21.9. The summed E-state index contributed by atoms with van der Waals surface area (Å²) in [5.41, 5.74) is -0.563. The molecule has 2 aromatic heterocycles. The zero-order chi connectivity index (χ0) is 32.8. The highest BCUT2D eigenvalue weighted by Crippen LogP contribution is 2.44. The molecule has 12 nitrogen and oxygen atoms in total. The van der Waals surface area contributed by atoms with Crippen LogP contribution < -0.4 is 16.0 Å². The Balaban J connectivity index is 1.06. The van der Waals surface area contributed by atoms with E-state index >= 15 is 0 Å². The van der Waals surface area contributed by atoms with Gasteiger partial charge in [-0.25, -0.2) is 9.78 Å². The number of aromatic nitrogens is 4. The number of imidazole rings is 1. The van der Waals surface area contributed by atoms with Crippen molar-refractivity contribution in [3.05, 3.63) is 52.7 Å². The fourth-order valence-corrected chi connectivity index (χ4v) is 6.48. The van der Waals surface area contributed by atoms with Crippen LogP contribution in [0.3, 0.4) is 0 Å². The Morgan fingerprint density at radius 2 is 1.85 bits per heavy atom. The number of alkyl halides is 3. The summed E-state index contributed by atoms with van der Waals surface area (Å²) in [6.07, 6.45) is 4.75. The molecule has 0 unspecified atom stereocenters. The average Bonchev–Trinajstić information content (AvgIpc) is 3.57. The number of piperazine rings is 1. The molecule has 1 aromatic carbocycles. The van der Waals surface area contributed by atoms with Gasteiger partial charge >= 0.3 is 12.2 Å². The molecule has 0 bridgehead atoms. The fraction of sp³-hybridized carbons (Fsp3) is 0.433. The van der Waals surface area contributed by atoms with Gasteiger partial charge in [0.25, 0.3) is 11.8 Å². The Kier molecular flexibility index (Phi) is 8.20. The summed E-state index contributed by atoms with van der Waals surface area (Å²) < 4.78 is 43.2. The molecule has 2 aliphatic heterocycles.